The molecule has 1 aromatic heterocycles. The van der Waals surface area contributed by atoms with Crippen molar-refractivity contribution < 1.29 is 19.1 Å². The third-order valence-corrected chi connectivity index (χ3v) is 8.68. The summed E-state index contributed by atoms with van der Waals surface area (Å²) >= 11 is 0. The number of benzene rings is 1. The van der Waals surface area contributed by atoms with Crippen molar-refractivity contribution in [2.45, 2.75) is 104 Å². The van der Waals surface area contributed by atoms with E-state index in [-0.39, 0.29) is 11.8 Å². The molecule has 2 rings (SSSR count). The Balaban J connectivity index is 2.04. The fourth-order valence-electron chi connectivity index (χ4n) is 4.61. The second kappa shape index (κ2) is 16.0. The summed E-state index contributed by atoms with van der Waals surface area (Å²) in [6.07, 6.45) is 2.93. The summed E-state index contributed by atoms with van der Waals surface area (Å²) < 4.78 is 7.95. The van der Waals surface area contributed by atoms with E-state index >= 15 is 0 Å². The van der Waals surface area contributed by atoms with Crippen LogP contribution in [0, 0.1) is 18.8 Å². The van der Waals surface area contributed by atoms with Gasteiger partial charge in [-0.15, -0.1) is 0 Å². The molecule has 0 fully saturated rings. The zero-order valence-electron chi connectivity index (χ0n) is 26.7. The van der Waals surface area contributed by atoms with Gasteiger partial charge in [0.25, 0.3) is 0 Å². The number of nitrogens with zero attached hydrogens (tertiary/aromatic N) is 2. The van der Waals surface area contributed by atoms with Gasteiger partial charge >= 0.3 is 0 Å². The first kappa shape index (κ1) is 35.2. The lowest BCUT2D eigenvalue weighted by molar-refractivity contribution is -0.132. The van der Waals surface area contributed by atoms with Crippen LogP contribution in [0.5, 0.6) is 0 Å². The van der Waals surface area contributed by atoms with Crippen LogP contribution >= 0.6 is 0 Å². The summed E-state index contributed by atoms with van der Waals surface area (Å²) in [5.41, 5.74) is 15.6. The maximum Gasteiger partial charge on any atom is 0.243 e. The summed E-state index contributed by atoms with van der Waals surface area (Å²) in [6, 6.07) is 6.52. The minimum absolute atomic E-state index is 0.129. The van der Waals surface area contributed by atoms with Gasteiger partial charge < -0.3 is 31.4 Å². The first-order valence-corrected chi connectivity index (χ1v) is 18.6. The number of ether oxygens (including phenoxy) is 1. The second-order valence-corrected chi connectivity index (χ2v) is 18.9. The predicted molar refractivity (Wildman–Crippen MR) is 170 cm³/mol. The molecule has 3 amide bonds. The number of rotatable bonds is 17. The number of primary amides is 1. The fraction of sp³-hybridized carbons (Fsp3) is 0.613. The Morgan fingerprint density at radius 1 is 0.952 bits per heavy atom. The van der Waals surface area contributed by atoms with Gasteiger partial charge in [0.2, 0.25) is 17.7 Å². The van der Waals surface area contributed by atoms with Crippen molar-refractivity contribution in [2.75, 3.05) is 6.61 Å². The van der Waals surface area contributed by atoms with Gasteiger partial charge in [0.1, 0.15) is 18.8 Å². The van der Waals surface area contributed by atoms with Crippen LogP contribution in [-0.2, 0) is 32.3 Å². The summed E-state index contributed by atoms with van der Waals surface area (Å²) in [4.78, 5) is 42.4. The lowest BCUT2D eigenvalue weighted by atomic mass is 9.99. The van der Waals surface area contributed by atoms with Crippen LogP contribution in [0.4, 0.5) is 0 Å². The third kappa shape index (κ3) is 11.7. The average Bonchev–Trinajstić information content (AvgIpc) is 3.25. The molecule has 3 atom stereocenters. The van der Waals surface area contributed by atoms with Gasteiger partial charge in [-0.05, 0) is 49.6 Å². The number of carbonyl (C=O) groups is 3. The molecule has 0 aliphatic carbocycles. The van der Waals surface area contributed by atoms with Crippen molar-refractivity contribution in [1.82, 2.24) is 20.2 Å². The number of aryl methyl sites for hydroxylation is 1. The normalized spacial score (nSPS) is 14.1. The van der Waals surface area contributed by atoms with Gasteiger partial charge in [0.05, 0.1) is 23.8 Å². The molecule has 234 valence electrons. The van der Waals surface area contributed by atoms with Crippen LogP contribution in [0.1, 0.15) is 51.8 Å². The number of imidazole rings is 1. The first-order chi connectivity index (χ1) is 19.6. The number of hydrogen-bond donors (Lipinski definition) is 4. The third-order valence-electron chi connectivity index (χ3n) is 6.97. The quantitative estimate of drug-likeness (QED) is 0.161. The molecule has 11 heteroatoms. The molecule has 0 spiro atoms. The average molecular weight is 601 g/mol. The van der Waals surface area contributed by atoms with Gasteiger partial charge in [0, 0.05) is 20.2 Å². The van der Waals surface area contributed by atoms with Gasteiger partial charge in [-0.3, -0.25) is 14.4 Å². The maximum atomic E-state index is 13.0. The topological polar surface area (TPSA) is 154 Å². The van der Waals surface area contributed by atoms with Crippen molar-refractivity contribution in [3.05, 3.63) is 41.9 Å². The molecule has 2 aromatic rings. The SMILES string of the molecule is Cc1ncn(COCC[Si](C)(C)C)c1-c1ccc(C[C@H](N)C(=O)N[C@@H](CC(C)C)C(=O)N[C@@H](CC(C)C)C(N)=O)cc1. The van der Waals surface area contributed by atoms with Gasteiger partial charge in [0.15, 0.2) is 0 Å². The van der Waals surface area contributed by atoms with Crippen molar-refractivity contribution in [1.29, 1.82) is 0 Å². The van der Waals surface area contributed by atoms with E-state index in [0.29, 0.717) is 26.0 Å². The van der Waals surface area contributed by atoms with Gasteiger partial charge in [-0.2, -0.15) is 0 Å². The monoisotopic (exact) mass is 600 g/mol. The number of nitrogens with two attached hydrogens (primary N) is 2. The van der Waals surface area contributed by atoms with Crippen LogP contribution in [0.2, 0.25) is 25.7 Å². The van der Waals surface area contributed by atoms with E-state index in [1.807, 2.05) is 63.5 Å². The highest BCUT2D eigenvalue weighted by Crippen LogP contribution is 2.24. The van der Waals surface area contributed by atoms with E-state index in [4.69, 9.17) is 16.2 Å². The van der Waals surface area contributed by atoms with Crippen molar-refractivity contribution in [3.8, 4) is 11.3 Å². The van der Waals surface area contributed by atoms with Crippen LogP contribution < -0.4 is 22.1 Å². The minimum atomic E-state index is -1.16. The zero-order chi connectivity index (χ0) is 31.6. The molecule has 42 heavy (non-hydrogen) atoms. The number of hydrogen-bond acceptors (Lipinski definition) is 6. The molecule has 10 nitrogen and oxygen atoms in total. The van der Waals surface area contributed by atoms with Gasteiger partial charge in [-0.25, -0.2) is 4.98 Å². The summed E-state index contributed by atoms with van der Waals surface area (Å²) in [5, 5.41) is 5.51. The first-order valence-electron chi connectivity index (χ1n) is 14.9. The van der Waals surface area contributed by atoms with Gasteiger partial charge in [-0.1, -0.05) is 71.6 Å². The van der Waals surface area contributed by atoms with E-state index < -0.39 is 43.9 Å². The Bertz CT molecular complexity index is 1170. The molecule has 1 heterocycles. The Morgan fingerprint density at radius 2 is 1.52 bits per heavy atom. The molecule has 6 N–H and O–H groups in total. The maximum absolute atomic E-state index is 13.0. The highest BCUT2D eigenvalue weighted by Gasteiger charge is 2.28. The van der Waals surface area contributed by atoms with Crippen LogP contribution in [0.15, 0.2) is 30.6 Å². The minimum Gasteiger partial charge on any atom is -0.368 e. The Morgan fingerprint density at radius 3 is 2.07 bits per heavy atom. The Hall–Kier alpha value is -3.02. The lowest BCUT2D eigenvalue weighted by Crippen LogP contribution is -2.56. The van der Waals surface area contributed by atoms with E-state index in [1.54, 1.807) is 6.33 Å². The molecule has 0 saturated heterocycles. The lowest BCUT2D eigenvalue weighted by Gasteiger charge is -2.25. The second-order valence-electron chi connectivity index (χ2n) is 13.3. The number of carbonyl (C=O) groups excluding carboxylic acids is 3. The van der Waals surface area contributed by atoms with Crippen LogP contribution in [0.3, 0.4) is 0 Å². The highest BCUT2D eigenvalue weighted by atomic mass is 28.3. The van der Waals surface area contributed by atoms with Crippen molar-refractivity contribution in [2.24, 2.45) is 23.3 Å². The van der Waals surface area contributed by atoms with E-state index in [9.17, 15) is 14.4 Å². The molecule has 0 bridgehead atoms. The molecule has 0 radical (unpaired) electrons. The molecular formula is C31H52N6O4Si. The Labute approximate surface area is 252 Å². The van der Waals surface area contributed by atoms with Crippen molar-refractivity contribution >= 4 is 25.8 Å². The standard InChI is InChI=1S/C31H52N6O4Si/c1-20(2)15-26(29(33)38)35-31(40)27(16-21(3)4)36-30(39)25(32)17-23-9-11-24(12-10-23)28-22(5)34-18-37(28)19-41-13-14-42(6,7)8/h9-12,18,20-21,25-27H,13-17,19,32H2,1-8H3,(H2,33,38)(H,35,40)(H,36,39)/t25-,26-,27-/m0/s1. The smallest absolute Gasteiger partial charge is 0.243 e. The van der Waals surface area contributed by atoms with E-state index in [1.165, 1.54) is 0 Å². The van der Waals surface area contributed by atoms with Crippen LogP contribution in [-0.4, -0.2) is 60.1 Å². The predicted octanol–water partition coefficient (Wildman–Crippen LogP) is 3.59. The largest absolute Gasteiger partial charge is 0.368 e. The molecule has 0 aliphatic rings. The molecular weight excluding hydrogens is 548 g/mol. The zero-order valence-corrected chi connectivity index (χ0v) is 27.7. The summed E-state index contributed by atoms with van der Waals surface area (Å²) in [5.74, 6) is -1.17. The molecule has 0 saturated carbocycles. The molecule has 0 unspecified atom stereocenters. The number of nitrogens with one attached hydrogen (secondary N) is 2. The summed E-state index contributed by atoms with van der Waals surface area (Å²) in [7, 11) is -1.16. The fourth-order valence-corrected chi connectivity index (χ4v) is 5.37. The number of aromatic nitrogens is 2. The number of amides is 3. The summed E-state index contributed by atoms with van der Waals surface area (Å²) in [6.45, 7) is 17.9. The van der Waals surface area contributed by atoms with Crippen molar-refractivity contribution in [3.63, 3.8) is 0 Å². The Kier molecular flexibility index (Phi) is 13.4. The molecule has 1 aromatic carbocycles. The highest BCUT2D eigenvalue weighted by molar-refractivity contribution is 6.76. The van der Waals surface area contributed by atoms with E-state index in [0.717, 1.165) is 35.2 Å². The molecule has 0 aliphatic heterocycles. The van der Waals surface area contributed by atoms with Crippen LogP contribution in [0.25, 0.3) is 11.3 Å². The van der Waals surface area contributed by atoms with E-state index in [2.05, 4.69) is 35.3 Å².